The lowest BCUT2D eigenvalue weighted by atomic mass is 9.87. The molecule has 2 aliphatic rings. The van der Waals surface area contributed by atoms with Crippen LogP contribution in [0, 0.1) is 23.7 Å². The second-order valence-corrected chi connectivity index (χ2v) is 8.57. The number of rotatable bonds is 14. The number of nitrogens with one attached hydrogen (secondary N) is 4. The number of unbranched alkanes of at least 4 members (excludes halogenated alkanes) is 2. The maximum Gasteiger partial charge on any atom is 0.314 e. The summed E-state index contributed by atoms with van der Waals surface area (Å²) >= 11 is 0. The molecule has 2 fully saturated rings. The molecule has 0 aliphatic carbocycles. The molecule has 6 N–H and O–H groups in total. The van der Waals surface area contributed by atoms with Gasteiger partial charge < -0.3 is 31.5 Å². The van der Waals surface area contributed by atoms with Gasteiger partial charge in [0.15, 0.2) is 0 Å². The van der Waals surface area contributed by atoms with Crippen LogP contribution in [0.4, 0.5) is 4.79 Å². The molecule has 0 aromatic heterocycles. The zero-order chi connectivity index (χ0) is 21.8. The van der Waals surface area contributed by atoms with E-state index in [9.17, 15) is 24.6 Å². The summed E-state index contributed by atoms with van der Waals surface area (Å²) < 4.78 is 0. The molecule has 0 aromatic rings. The number of aliphatic carboxylic acids is 2. The highest BCUT2D eigenvalue weighted by atomic mass is 16.4. The zero-order valence-corrected chi connectivity index (χ0v) is 17.8. The summed E-state index contributed by atoms with van der Waals surface area (Å²) in [7, 11) is 0. The Morgan fingerprint density at radius 3 is 1.53 bits per heavy atom. The highest BCUT2D eigenvalue weighted by molar-refractivity contribution is 5.73. The van der Waals surface area contributed by atoms with Crippen LogP contribution in [-0.4, -0.2) is 67.5 Å². The lowest BCUT2D eigenvalue weighted by molar-refractivity contribution is -0.144. The van der Waals surface area contributed by atoms with Crippen molar-refractivity contribution in [2.75, 3.05) is 39.3 Å². The third-order valence-electron chi connectivity index (χ3n) is 6.42. The van der Waals surface area contributed by atoms with Crippen LogP contribution in [0.15, 0.2) is 0 Å². The van der Waals surface area contributed by atoms with Gasteiger partial charge in [-0.25, -0.2) is 4.79 Å². The van der Waals surface area contributed by atoms with Crippen LogP contribution in [0.2, 0.25) is 0 Å². The fourth-order valence-electron chi connectivity index (χ4n) is 4.61. The first-order valence-corrected chi connectivity index (χ1v) is 11.4. The average Bonchev–Trinajstić information content (AvgIpc) is 3.41. The van der Waals surface area contributed by atoms with E-state index in [4.69, 9.17) is 0 Å². The van der Waals surface area contributed by atoms with E-state index < -0.39 is 11.9 Å². The van der Waals surface area contributed by atoms with Crippen LogP contribution in [0.3, 0.4) is 0 Å². The molecule has 9 nitrogen and oxygen atoms in total. The number of carbonyl (C=O) groups is 3. The number of urea groups is 1. The molecule has 2 rings (SSSR count). The minimum atomic E-state index is -0.719. The predicted octanol–water partition coefficient (Wildman–Crippen LogP) is 1.25. The summed E-state index contributed by atoms with van der Waals surface area (Å²) in [6.07, 6.45) is 6.20. The minimum absolute atomic E-state index is 0.212. The van der Waals surface area contributed by atoms with E-state index in [1.165, 1.54) is 0 Å². The molecule has 0 spiro atoms. The van der Waals surface area contributed by atoms with Gasteiger partial charge >= 0.3 is 18.0 Å². The smallest absolute Gasteiger partial charge is 0.314 e. The summed E-state index contributed by atoms with van der Waals surface area (Å²) in [4.78, 5) is 34.7. The quantitative estimate of drug-likeness (QED) is 0.230. The van der Waals surface area contributed by atoms with E-state index in [2.05, 4.69) is 21.3 Å². The number of hydrogen-bond acceptors (Lipinski definition) is 5. The Balaban J connectivity index is 1.48. The van der Waals surface area contributed by atoms with E-state index in [1.807, 2.05) is 0 Å². The zero-order valence-electron chi connectivity index (χ0n) is 17.8. The van der Waals surface area contributed by atoms with Crippen LogP contribution in [0.5, 0.6) is 0 Å². The summed E-state index contributed by atoms with van der Waals surface area (Å²) in [6, 6.07) is -0.223. The Morgan fingerprint density at radius 2 is 1.20 bits per heavy atom. The molecule has 0 bridgehead atoms. The van der Waals surface area contributed by atoms with Crippen LogP contribution >= 0.6 is 0 Å². The standard InChI is InChI=1S/C21H38N4O5/c26-19(27)17(15-7-11-22-13-15)5-1-3-9-24-21(30)25-10-4-2-6-18(20(28)29)16-8-12-23-14-16/h15-18,22-23H,1-14H2,(H,26,27)(H,28,29)(H2,24,25,30). The van der Waals surface area contributed by atoms with Gasteiger partial charge in [-0.3, -0.25) is 9.59 Å². The largest absolute Gasteiger partial charge is 0.481 e. The van der Waals surface area contributed by atoms with Gasteiger partial charge in [0.1, 0.15) is 0 Å². The third kappa shape index (κ3) is 8.47. The van der Waals surface area contributed by atoms with Gasteiger partial charge in [0.25, 0.3) is 0 Å². The van der Waals surface area contributed by atoms with Crippen molar-refractivity contribution in [3.63, 3.8) is 0 Å². The predicted molar refractivity (Wildman–Crippen MR) is 113 cm³/mol. The molecule has 4 unspecified atom stereocenters. The Bertz CT molecular complexity index is 502. The van der Waals surface area contributed by atoms with Crippen LogP contribution in [0.1, 0.15) is 51.4 Å². The summed E-state index contributed by atoms with van der Waals surface area (Å²) in [6.45, 7) is 4.40. The van der Waals surface area contributed by atoms with Gasteiger partial charge in [0.2, 0.25) is 0 Å². The maximum atomic E-state index is 11.8. The van der Waals surface area contributed by atoms with Crippen molar-refractivity contribution >= 4 is 18.0 Å². The Hall–Kier alpha value is -1.87. The first-order chi connectivity index (χ1) is 14.5. The number of carbonyl (C=O) groups excluding carboxylic acids is 1. The topological polar surface area (TPSA) is 140 Å². The van der Waals surface area contributed by atoms with Crippen molar-refractivity contribution < 1.29 is 24.6 Å². The summed E-state index contributed by atoms with van der Waals surface area (Å²) in [5.41, 5.74) is 0. The molecule has 9 heteroatoms. The Labute approximate surface area is 178 Å². The molecule has 2 heterocycles. The molecule has 0 saturated carbocycles. The van der Waals surface area contributed by atoms with Gasteiger partial charge in [0, 0.05) is 13.1 Å². The van der Waals surface area contributed by atoms with Crippen molar-refractivity contribution in [1.29, 1.82) is 0 Å². The van der Waals surface area contributed by atoms with Crippen LogP contribution in [0.25, 0.3) is 0 Å². The lowest BCUT2D eigenvalue weighted by Gasteiger charge is -2.18. The van der Waals surface area contributed by atoms with Gasteiger partial charge in [0.05, 0.1) is 11.8 Å². The summed E-state index contributed by atoms with van der Waals surface area (Å²) in [5.74, 6) is -1.62. The van der Waals surface area contributed by atoms with E-state index >= 15 is 0 Å². The molecule has 0 radical (unpaired) electrons. The Morgan fingerprint density at radius 1 is 0.767 bits per heavy atom. The second-order valence-electron chi connectivity index (χ2n) is 8.57. The minimum Gasteiger partial charge on any atom is -0.481 e. The molecule has 0 aromatic carbocycles. The van der Waals surface area contributed by atoms with Crippen molar-refractivity contribution in [3.05, 3.63) is 0 Å². The highest BCUT2D eigenvalue weighted by Crippen LogP contribution is 2.25. The molecule has 2 saturated heterocycles. The second kappa shape index (κ2) is 13.4. The molecular formula is C21H38N4O5. The number of carboxylic acid groups (broad SMARTS) is 2. The van der Waals surface area contributed by atoms with Crippen molar-refractivity contribution in [1.82, 2.24) is 21.3 Å². The van der Waals surface area contributed by atoms with Gasteiger partial charge in [-0.1, -0.05) is 12.8 Å². The molecule has 2 amide bonds. The molecule has 2 aliphatic heterocycles. The molecule has 30 heavy (non-hydrogen) atoms. The SMILES string of the molecule is O=C(NCCCCC(C(=O)O)C1CCNC1)NCCCCC(C(=O)O)C1CCNC1. The molecular weight excluding hydrogens is 388 g/mol. The van der Waals surface area contributed by atoms with Crippen LogP contribution in [-0.2, 0) is 9.59 Å². The van der Waals surface area contributed by atoms with Crippen molar-refractivity contribution in [3.8, 4) is 0 Å². The molecule has 4 atom stereocenters. The van der Waals surface area contributed by atoms with Gasteiger partial charge in [-0.15, -0.1) is 0 Å². The molecule has 172 valence electrons. The van der Waals surface area contributed by atoms with Crippen molar-refractivity contribution in [2.24, 2.45) is 23.7 Å². The Kier molecular flexibility index (Phi) is 10.9. The van der Waals surface area contributed by atoms with Gasteiger partial charge in [-0.05, 0) is 76.5 Å². The highest BCUT2D eigenvalue weighted by Gasteiger charge is 2.30. The van der Waals surface area contributed by atoms with Crippen molar-refractivity contribution in [2.45, 2.75) is 51.4 Å². The van der Waals surface area contributed by atoms with E-state index in [1.54, 1.807) is 0 Å². The maximum absolute atomic E-state index is 11.8. The third-order valence-corrected chi connectivity index (χ3v) is 6.42. The fraction of sp³-hybridized carbons (Fsp3) is 0.857. The average molecular weight is 427 g/mol. The van der Waals surface area contributed by atoms with E-state index in [0.29, 0.717) is 25.9 Å². The number of amides is 2. The monoisotopic (exact) mass is 426 g/mol. The number of carboxylic acids is 2. The number of hydrogen-bond donors (Lipinski definition) is 6. The first kappa shape index (κ1) is 24.4. The first-order valence-electron chi connectivity index (χ1n) is 11.4. The van der Waals surface area contributed by atoms with Gasteiger partial charge in [-0.2, -0.15) is 0 Å². The fourth-order valence-corrected chi connectivity index (χ4v) is 4.61. The van der Waals surface area contributed by atoms with E-state index in [-0.39, 0.29) is 29.7 Å². The summed E-state index contributed by atoms with van der Waals surface area (Å²) in [5, 5.41) is 30.9. The van der Waals surface area contributed by atoms with Crippen LogP contribution < -0.4 is 21.3 Å². The lowest BCUT2D eigenvalue weighted by Crippen LogP contribution is -2.36. The normalized spacial score (nSPS) is 23.1. The van der Waals surface area contributed by atoms with E-state index in [0.717, 1.165) is 64.7 Å².